The van der Waals surface area contributed by atoms with Gasteiger partial charge < -0.3 is 10.6 Å². The van der Waals surface area contributed by atoms with Crippen LogP contribution in [0.2, 0.25) is 5.02 Å². The molecule has 2 N–H and O–H groups in total. The van der Waals surface area contributed by atoms with E-state index in [1.54, 1.807) is 49.5 Å². The van der Waals surface area contributed by atoms with Gasteiger partial charge in [-0.2, -0.15) is 0 Å². The van der Waals surface area contributed by atoms with Crippen molar-refractivity contribution in [3.05, 3.63) is 63.1 Å². The normalized spacial score (nSPS) is 10.2. The lowest BCUT2D eigenvalue weighted by molar-refractivity contribution is 0.0993. The Hall–Kier alpha value is -1.43. The smallest absolute Gasteiger partial charge is 0.259 e. The van der Waals surface area contributed by atoms with Gasteiger partial charge in [-0.05, 0) is 42.5 Å². The molecule has 6 heteroatoms. The molecule has 0 spiro atoms. The molecule has 2 aromatic carbocycles. The number of nitrogens with zero attached hydrogens (tertiary/aromatic N) is 1. The van der Waals surface area contributed by atoms with Crippen LogP contribution >= 0.6 is 39.7 Å². The van der Waals surface area contributed by atoms with Crippen LogP contribution in [0.3, 0.4) is 0 Å². The van der Waals surface area contributed by atoms with Crippen LogP contribution in [-0.4, -0.2) is 17.9 Å². The molecular weight excluding hydrogens is 372 g/mol. The van der Waals surface area contributed by atoms with Crippen molar-refractivity contribution in [3.8, 4) is 0 Å². The highest BCUT2D eigenvalue weighted by molar-refractivity contribution is 9.10. The van der Waals surface area contributed by atoms with E-state index in [-0.39, 0.29) is 5.91 Å². The summed E-state index contributed by atoms with van der Waals surface area (Å²) in [6, 6.07) is 12.3. The Bertz CT molecular complexity index is 703. The molecule has 0 radical (unpaired) electrons. The number of nitrogens with two attached hydrogens (primary N) is 1. The van der Waals surface area contributed by atoms with E-state index in [1.807, 2.05) is 0 Å². The van der Waals surface area contributed by atoms with E-state index >= 15 is 0 Å². The zero-order valence-electron chi connectivity index (χ0n) is 11.1. The molecule has 0 aliphatic rings. The average molecular weight is 384 g/mol. The monoisotopic (exact) mass is 382 g/mol. The first-order valence-corrected chi connectivity index (χ1v) is 7.61. The van der Waals surface area contributed by atoms with Crippen molar-refractivity contribution < 1.29 is 4.79 Å². The lowest BCUT2D eigenvalue weighted by Crippen LogP contribution is -2.26. The second kappa shape index (κ2) is 6.56. The predicted molar refractivity (Wildman–Crippen MR) is 94.2 cm³/mol. The van der Waals surface area contributed by atoms with Crippen molar-refractivity contribution in [1.82, 2.24) is 0 Å². The van der Waals surface area contributed by atoms with Crippen molar-refractivity contribution in [2.45, 2.75) is 0 Å². The SMILES string of the molecule is CN(C(=O)c1ccc(Br)cc1Cl)c1ccc(C(N)=S)cc1. The highest BCUT2D eigenvalue weighted by Crippen LogP contribution is 2.24. The van der Waals surface area contributed by atoms with Gasteiger partial charge in [-0.1, -0.05) is 39.7 Å². The molecule has 0 aromatic heterocycles. The van der Waals surface area contributed by atoms with Crippen molar-refractivity contribution >= 4 is 56.3 Å². The molecule has 0 unspecified atom stereocenters. The van der Waals surface area contributed by atoms with Gasteiger partial charge in [0.1, 0.15) is 4.99 Å². The maximum atomic E-state index is 12.5. The van der Waals surface area contributed by atoms with E-state index in [0.29, 0.717) is 15.6 Å². The third-order valence-corrected chi connectivity index (χ3v) is 4.05. The van der Waals surface area contributed by atoms with Gasteiger partial charge >= 0.3 is 0 Å². The van der Waals surface area contributed by atoms with Crippen LogP contribution in [0.25, 0.3) is 0 Å². The van der Waals surface area contributed by atoms with E-state index in [0.717, 1.165) is 15.7 Å². The van der Waals surface area contributed by atoms with Crippen molar-refractivity contribution in [2.75, 3.05) is 11.9 Å². The van der Waals surface area contributed by atoms with Crippen LogP contribution < -0.4 is 10.6 Å². The first-order chi connectivity index (χ1) is 9.90. The van der Waals surface area contributed by atoms with Crippen molar-refractivity contribution in [2.24, 2.45) is 5.73 Å². The zero-order chi connectivity index (χ0) is 15.6. The summed E-state index contributed by atoms with van der Waals surface area (Å²) < 4.78 is 0.826. The summed E-state index contributed by atoms with van der Waals surface area (Å²) in [5.74, 6) is -0.185. The fraction of sp³-hybridized carbons (Fsp3) is 0.0667. The second-order valence-electron chi connectivity index (χ2n) is 4.40. The number of anilines is 1. The lowest BCUT2D eigenvalue weighted by atomic mass is 10.1. The Morgan fingerprint density at radius 2 is 1.86 bits per heavy atom. The van der Waals surface area contributed by atoms with E-state index < -0.39 is 0 Å². The van der Waals surface area contributed by atoms with Gasteiger partial charge in [-0.25, -0.2) is 0 Å². The van der Waals surface area contributed by atoms with Crippen molar-refractivity contribution in [1.29, 1.82) is 0 Å². The van der Waals surface area contributed by atoms with Gasteiger partial charge in [0.2, 0.25) is 0 Å². The minimum Gasteiger partial charge on any atom is -0.389 e. The molecule has 0 saturated carbocycles. The standard InChI is InChI=1S/C15H12BrClN2OS/c1-19(11-5-2-9(3-6-11)14(18)21)15(20)12-7-4-10(16)8-13(12)17/h2-8H,1H3,(H2,18,21). The summed E-state index contributed by atoms with van der Waals surface area (Å²) in [4.78, 5) is 14.3. The molecule has 108 valence electrons. The van der Waals surface area contributed by atoms with Crippen LogP contribution in [0.5, 0.6) is 0 Å². The third-order valence-electron chi connectivity index (χ3n) is 3.01. The molecule has 0 heterocycles. The number of carbonyl (C=O) groups is 1. The van der Waals surface area contributed by atoms with Gasteiger partial charge in [-0.3, -0.25) is 4.79 Å². The summed E-state index contributed by atoms with van der Waals surface area (Å²) in [5.41, 5.74) is 7.49. The highest BCUT2D eigenvalue weighted by atomic mass is 79.9. The van der Waals surface area contributed by atoms with Crippen LogP contribution in [0.15, 0.2) is 46.9 Å². The minimum atomic E-state index is -0.185. The van der Waals surface area contributed by atoms with E-state index in [1.165, 1.54) is 4.90 Å². The number of benzene rings is 2. The Labute approximate surface area is 141 Å². The summed E-state index contributed by atoms with van der Waals surface area (Å²) >= 11 is 14.3. The first-order valence-electron chi connectivity index (χ1n) is 6.03. The van der Waals surface area contributed by atoms with Crippen LogP contribution in [-0.2, 0) is 0 Å². The molecule has 2 aromatic rings. The molecular formula is C15H12BrClN2OS. The molecule has 21 heavy (non-hydrogen) atoms. The molecule has 2 rings (SSSR count). The molecule has 3 nitrogen and oxygen atoms in total. The average Bonchev–Trinajstić information content (AvgIpc) is 2.46. The number of carbonyl (C=O) groups excluding carboxylic acids is 1. The maximum Gasteiger partial charge on any atom is 0.259 e. The second-order valence-corrected chi connectivity index (χ2v) is 6.16. The number of hydrogen-bond donors (Lipinski definition) is 1. The molecule has 1 amide bonds. The highest BCUT2D eigenvalue weighted by Gasteiger charge is 2.16. The van der Waals surface area contributed by atoms with Crippen LogP contribution in [0.4, 0.5) is 5.69 Å². The molecule has 0 atom stereocenters. The fourth-order valence-electron chi connectivity index (χ4n) is 1.81. The van der Waals surface area contributed by atoms with Gasteiger partial charge in [0.05, 0.1) is 10.6 Å². The Morgan fingerprint density at radius 1 is 1.24 bits per heavy atom. The lowest BCUT2D eigenvalue weighted by Gasteiger charge is -2.18. The number of hydrogen-bond acceptors (Lipinski definition) is 2. The fourth-order valence-corrected chi connectivity index (χ4v) is 2.70. The first kappa shape index (κ1) is 15.9. The largest absolute Gasteiger partial charge is 0.389 e. The molecule has 0 aliphatic heterocycles. The summed E-state index contributed by atoms with van der Waals surface area (Å²) in [6.07, 6.45) is 0. The minimum absolute atomic E-state index is 0.185. The quantitative estimate of drug-likeness (QED) is 0.815. The summed E-state index contributed by atoms with van der Waals surface area (Å²) in [6.45, 7) is 0. The maximum absolute atomic E-state index is 12.5. The molecule has 0 bridgehead atoms. The van der Waals surface area contributed by atoms with Crippen LogP contribution in [0.1, 0.15) is 15.9 Å². The number of thiocarbonyl (C=S) groups is 1. The van der Waals surface area contributed by atoms with E-state index in [9.17, 15) is 4.79 Å². The summed E-state index contributed by atoms with van der Waals surface area (Å²) in [5, 5.41) is 0.404. The Balaban J connectivity index is 2.28. The molecule has 0 fully saturated rings. The zero-order valence-corrected chi connectivity index (χ0v) is 14.3. The number of rotatable bonds is 3. The molecule has 0 aliphatic carbocycles. The molecule has 0 saturated heterocycles. The topological polar surface area (TPSA) is 46.3 Å². The summed E-state index contributed by atoms with van der Waals surface area (Å²) in [7, 11) is 1.69. The van der Waals surface area contributed by atoms with Gasteiger partial charge in [-0.15, -0.1) is 0 Å². The Kier molecular flexibility index (Phi) is 4.98. The van der Waals surface area contributed by atoms with E-state index in [2.05, 4.69) is 15.9 Å². The van der Waals surface area contributed by atoms with Crippen molar-refractivity contribution in [3.63, 3.8) is 0 Å². The Morgan fingerprint density at radius 3 is 2.38 bits per heavy atom. The van der Waals surface area contributed by atoms with Crippen LogP contribution in [0, 0.1) is 0 Å². The van der Waals surface area contributed by atoms with Gasteiger partial charge in [0.15, 0.2) is 0 Å². The number of halogens is 2. The van der Waals surface area contributed by atoms with E-state index in [4.69, 9.17) is 29.6 Å². The third kappa shape index (κ3) is 3.61. The van der Waals surface area contributed by atoms with Gasteiger partial charge in [0, 0.05) is 22.8 Å². The van der Waals surface area contributed by atoms with Gasteiger partial charge in [0.25, 0.3) is 5.91 Å². The number of amides is 1. The predicted octanol–water partition coefficient (Wildman–Crippen LogP) is 4.01.